The molecular formula is C12H16BrN3O3. The van der Waals surface area contributed by atoms with Crippen molar-refractivity contribution in [2.24, 2.45) is 0 Å². The van der Waals surface area contributed by atoms with Crippen LogP contribution in [0.4, 0.5) is 11.5 Å². The lowest BCUT2D eigenvalue weighted by Gasteiger charge is -2.09. The highest BCUT2D eigenvalue weighted by molar-refractivity contribution is 9.10. The standard InChI is InChI=1S/C12H16BrN3O3/c1-3-4-6-19-7-5-14-12-11(13)9(2)10(8-15-12)16(17)18/h3,8H,1,4-7H2,2H3,(H,14,15). The molecule has 104 valence electrons. The summed E-state index contributed by atoms with van der Waals surface area (Å²) >= 11 is 3.31. The highest BCUT2D eigenvalue weighted by atomic mass is 79.9. The van der Waals surface area contributed by atoms with E-state index in [1.807, 2.05) is 0 Å². The minimum absolute atomic E-state index is 0.000317. The van der Waals surface area contributed by atoms with E-state index in [4.69, 9.17) is 4.74 Å². The second-order valence-corrected chi connectivity index (χ2v) is 4.60. The first kappa shape index (κ1) is 15.6. The number of ether oxygens (including phenoxy) is 1. The summed E-state index contributed by atoms with van der Waals surface area (Å²) in [5.74, 6) is 0.579. The van der Waals surface area contributed by atoms with Crippen LogP contribution in [-0.2, 0) is 4.74 Å². The van der Waals surface area contributed by atoms with Crippen LogP contribution in [0.3, 0.4) is 0 Å². The maximum atomic E-state index is 10.7. The Morgan fingerprint density at radius 1 is 1.63 bits per heavy atom. The van der Waals surface area contributed by atoms with Gasteiger partial charge < -0.3 is 10.1 Å². The zero-order chi connectivity index (χ0) is 14.3. The van der Waals surface area contributed by atoms with Gasteiger partial charge in [0.15, 0.2) is 0 Å². The largest absolute Gasteiger partial charge is 0.379 e. The molecule has 0 fully saturated rings. The number of nitro groups is 1. The van der Waals surface area contributed by atoms with Crippen molar-refractivity contribution >= 4 is 27.4 Å². The summed E-state index contributed by atoms with van der Waals surface area (Å²) in [6, 6.07) is 0. The molecule has 7 heteroatoms. The fraction of sp³-hybridized carbons (Fsp3) is 0.417. The number of pyridine rings is 1. The average molecular weight is 330 g/mol. The van der Waals surface area contributed by atoms with Crippen LogP contribution in [-0.4, -0.2) is 29.7 Å². The molecule has 1 rings (SSSR count). The SMILES string of the molecule is C=CCCOCCNc1ncc([N+](=O)[O-])c(C)c1Br. The quantitative estimate of drug-likeness (QED) is 0.343. The molecule has 1 heterocycles. The zero-order valence-corrected chi connectivity index (χ0v) is 12.3. The lowest BCUT2D eigenvalue weighted by Crippen LogP contribution is -2.11. The van der Waals surface area contributed by atoms with Crippen molar-refractivity contribution in [3.63, 3.8) is 0 Å². The smallest absolute Gasteiger partial charge is 0.291 e. The van der Waals surface area contributed by atoms with Crippen molar-refractivity contribution < 1.29 is 9.66 Å². The van der Waals surface area contributed by atoms with Gasteiger partial charge in [0.2, 0.25) is 0 Å². The summed E-state index contributed by atoms with van der Waals surface area (Å²) in [6.45, 7) is 7.04. The molecule has 0 aliphatic rings. The van der Waals surface area contributed by atoms with Crippen LogP contribution in [0, 0.1) is 17.0 Å². The van der Waals surface area contributed by atoms with E-state index in [-0.39, 0.29) is 5.69 Å². The van der Waals surface area contributed by atoms with Gasteiger partial charge in [-0.1, -0.05) is 6.08 Å². The monoisotopic (exact) mass is 329 g/mol. The Morgan fingerprint density at radius 3 is 3.00 bits per heavy atom. The lowest BCUT2D eigenvalue weighted by molar-refractivity contribution is -0.385. The van der Waals surface area contributed by atoms with Crippen LogP contribution in [0.1, 0.15) is 12.0 Å². The maximum Gasteiger partial charge on any atom is 0.291 e. The molecule has 1 aromatic rings. The minimum Gasteiger partial charge on any atom is -0.379 e. The molecule has 0 radical (unpaired) electrons. The van der Waals surface area contributed by atoms with Crippen molar-refractivity contribution in [3.8, 4) is 0 Å². The van der Waals surface area contributed by atoms with Crippen LogP contribution in [0.25, 0.3) is 0 Å². The van der Waals surface area contributed by atoms with Gasteiger partial charge in [0, 0.05) is 12.1 Å². The van der Waals surface area contributed by atoms with Crippen LogP contribution in [0.5, 0.6) is 0 Å². The Labute approximate surface area is 120 Å². The Bertz CT molecular complexity index is 466. The topological polar surface area (TPSA) is 77.3 Å². The van der Waals surface area contributed by atoms with E-state index < -0.39 is 4.92 Å². The number of rotatable bonds is 8. The van der Waals surface area contributed by atoms with E-state index in [1.165, 1.54) is 6.20 Å². The first-order valence-corrected chi connectivity index (χ1v) is 6.59. The predicted molar refractivity (Wildman–Crippen MR) is 77.5 cm³/mol. The first-order valence-electron chi connectivity index (χ1n) is 5.80. The molecule has 0 aliphatic carbocycles. The third-order valence-electron chi connectivity index (χ3n) is 2.44. The number of anilines is 1. The molecule has 19 heavy (non-hydrogen) atoms. The maximum absolute atomic E-state index is 10.7. The van der Waals surface area contributed by atoms with Crippen LogP contribution < -0.4 is 5.32 Å². The second kappa shape index (κ2) is 7.85. The summed E-state index contributed by atoms with van der Waals surface area (Å²) in [6.07, 6.45) is 3.87. The highest BCUT2D eigenvalue weighted by Gasteiger charge is 2.16. The average Bonchev–Trinajstić information content (AvgIpc) is 2.38. The van der Waals surface area contributed by atoms with E-state index in [0.29, 0.717) is 35.6 Å². The summed E-state index contributed by atoms with van der Waals surface area (Å²) < 4.78 is 5.95. The lowest BCUT2D eigenvalue weighted by atomic mass is 10.2. The first-order chi connectivity index (χ1) is 9.07. The van der Waals surface area contributed by atoms with Gasteiger partial charge in [0.05, 0.1) is 22.6 Å². The molecule has 1 aromatic heterocycles. The number of nitrogens with one attached hydrogen (secondary N) is 1. The number of hydrogen-bond donors (Lipinski definition) is 1. The number of aromatic nitrogens is 1. The van der Waals surface area contributed by atoms with Crippen LogP contribution in [0.15, 0.2) is 23.3 Å². The third kappa shape index (κ3) is 4.60. The van der Waals surface area contributed by atoms with E-state index in [0.717, 1.165) is 6.42 Å². The Morgan fingerprint density at radius 2 is 2.37 bits per heavy atom. The number of nitrogens with zero attached hydrogens (tertiary/aromatic N) is 2. The van der Waals surface area contributed by atoms with E-state index >= 15 is 0 Å². The van der Waals surface area contributed by atoms with Crippen molar-refractivity contribution in [2.75, 3.05) is 25.1 Å². The Kier molecular flexibility index (Phi) is 6.44. The van der Waals surface area contributed by atoms with Gasteiger partial charge in [0.1, 0.15) is 12.0 Å². The molecule has 0 saturated heterocycles. The zero-order valence-electron chi connectivity index (χ0n) is 10.7. The fourth-order valence-corrected chi connectivity index (χ4v) is 1.83. The number of halogens is 1. The summed E-state index contributed by atoms with van der Waals surface area (Å²) in [7, 11) is 0. The van der Waals surface area contributed by atoms with E-state index in [1.54, 1.807) is 13.0 Å². The molecule has 0 bridgehead atoms. The molecule has 0 aliphatic heterocycles. The van der Waals surface area contributed by atoms with Crippen molar-refractivity contribution in [2.45, 2.75) is 13.3 Å². The van der Waals surface area contributed by atoms with Gasteiger partial charge in [-0.2, -0.15) is 0 Å². The summed E-state index contributed by atoms with van der Waals surface area (Å²) in [5.41, 5.74) is 0.551. The number of hydrogen-bond acceptors (Lipinski definition) is 5. The van der Waals surface area contributed by atoms with Crippen molar-refractivity contribution in [3.05, 3.63) is 39.0 Å². The van der Waals surface area contributed by atoms with Gasteiger partial charge >= 0.3 is 0 Å². The molecular weight excluding hydrogens is 314 g/mol. The van der Waals surface area contributed by atoms with Gasteiger partial charge in [-0.05, 0) is 29.3 Å². The summed E-state index contributed by atoms with van der Waals surface area (Å²) in [4.78, 5) is 14.3. The summed E-state index contributed by atoms with van der Waals surface area (Å²) in [5, 5.41) is 13.8. The fourth-order valence-electron chi connectivity index (χ4n) is 1.39. The van der Waals surface area contributed by atoms with Crippen molar-refractivity contribution in [1.29, 1.82) is 0 Å². The van der Waals surface area contributed by atoms with E-state index in [2.05, 4.69) is 32.8 Å². The van der Waals surface area contributed by atoms with Crippen LogP contribution in [0.2, 0.25) is 0 Å². The molecule has 0 saturated carbocycles. The highest BCUT2D eigenvalue weighted by Crippen LogP contribution is 2.30. The minimum atomic E-state index is -0.449. The Hall–Kier alpha value is -1.47. The molecule has 6 nitrogen and oxygen atoms in total. The van der Waals surface area contributed by atoms with Gasteiger partial charge in [-0.3, -0.25) is 10.1 Å². The van der Waals surface area contributed by atoms with Crippen molar-refractivity contribution in [1.82, 2.24) is 4.98 Å². The molecule has 1 N–H and O–H groups in total. The van der Waals surface area contributed by atoms with Crippen LogP contribution >= 0.6 is 15.9 Å². The molecule has 0 unspecified atom stereocenters. The van der Waals surface area contributed by atoms with Gasteiger partial charge in [0.25, 0.3) is 5.69 Å². The predicted octanol–water partition coefficient (Wildman–Crippen LogP) is 3.07. The van der Waals surface area contributed by atoms with Gasteiger partial charge in [-0.15, -0.1) is 6.58 Å². The second-order valence-electron chi connectivity index (χ2n) is 3.80. The third-order valence-corrected chi connectivity index (χ3v) is 3.41. The normalized spacial score (nSPS) is 10.2. The molecule has 0 aromatic carbocycles. The molecule has 0 spiro atoms. The molecule has 0 amide bonds. The molecule has 0 atom stereocenters. The van der Waals surface area contributed by atoms with E-state index in [9.17, 15) is 10.1 Å². The van der Waals surface area contributed by atoms with Gasteiger partial charge in [-0.25, -0.2) is 4.98 Å². The Balaban J connectivity index is 2.53.